The first-order chi connectivity index (χ1) is 7.93. The van der Waals surface area contributed by atoms with Gasteiger partial charge in [0.1, 0.15) is 0 Å². The average Bonchev–Trinajstić information content (AvgIpc) is 2.26. The number of hydrogen-bond donors (Lipinski definition) is 4. The van der Waals surface area contributed by atoms with E-state index in [0.717, 1.165) is 19.6 Å². The van der Waals surface area contributed by atoms with Crippen molar-refractivity contribution in [2.45, 2.75) is 27.7 Å². The molecule has 0 aromatic rings. The van der Waals surface area contributed by atoms with Crippen LogP contribution < -0.4 is 40.6 Å². The first kappa shape index (κ1) is 27.0. The molecular formula is C10H26N3NaO2S2. The van der Waals surface area contributed by atoms with E-state index in [-0.39, 0.29) is 36.2 Å². The maximum absolute atomic E-state index is 10.3. The van der Waals surface area contributed by atoms with Crippen molar-refractivity contribution in [1.29, 1.82) is 0 Å². The number of primary amides is 1. The zero-order valence-electron chi connectivity index (χ0n) is 13.1. The summed E-state index contributed by atoms with van der Waals surface area (Å²) >= 11 is 6.70. The van der Waals surface area contributed by atoms with Crippen molar-refractivity contribution in [3.8, 4) is 0 Å². The van der Waals surface area contributed by atoms with Gasteiger partial charge in [-0.25, -0.2) is 0 Å². The molecule has 2 amide bonds. The number of hydrogen-bond acceptors (Lipinski definition) is 3. The standard InChI is InChI=1S/C7H16N2OS.C2H6.CH3NOS.Na.H/c1-3-9(4-2)6-5-8-7(10)11;1-2;2-1(3)4;;/h3-6H2,1-2H3,(H2,8,10,11);1-2H3;(H3,2,3,4);;/q;;;+1;-1. The predicted molar refractivity (Wildman–Crippen MR) is 81.2 cm³/mol. The summed E-state index contributed by atoms with van der Waals surface area (Å²) in [6.45, 7) is 11.8. The minimum absolute atomic E-state index is 0. The Morgan fingerprint density at radius 1 is 1.22 bits per heavy atom. The number of rotatable bonds is 5. The van der Waals surface area contributed by atoms with Gasteiger partial charge in [-0.3, -0.25) is 9.59 Å². The van der Waals surface area contributed by atoms with E-state index in [1.54, 1.807) is 0 Å². The molecule has 0 aliphatic carbocycles. The molecule has 18 heavy (non-hydrogen) atoms. The Kier molecular flexibility index (Phi) is 34.2. The fraction of sp³-hybridized carbons (Fsp3) is 0.800. The van der Waals surface area contributed by atoms with Crippen LogP contribution in [0.2, 0.25) is 0 Å². The maximum atomic E-state index is 10.3. The number of carbonyl (C=O) groups is 2. The number of nitrogens with one attached hydrogen (secondary N) is 1. The molecule has 0 spiro atoms. The Balaban J connectivity index is -0.0000000704. The molecule has 0 unspecified atom stereocenters. The molecule has 0 aromatic heterocycles. The molecule has 0 heterocycles. The van der Waals surface area contributed by atoms with Gasteiger partial charge in [-0.15, -0.1) is 0 Å². The monoisotopic (exact) mass is 307 g/mol. The number of nitrogens with two attached hydrogens (primary N) is 1. The molecular weight excluding hydrogens is 281 g/mol. The summed E-state index contributed by atoms with van der Waals surface area (Å²) in [6.07, 6.45) is 0. The zero-order chi connectivity index (χ0) is 14.3. The van der Waals surface area contributed by atoms with Crippen LogP contribution >= 0.6 is 25.3 Å². The molecule has 0 atom stereocenters. The second-order valence-electron chi connectivity index (χ2n) is 2.60. The van der Waals surface area contributed by atoms with Gasteiger partial charge >= 0.3 is 29.6 Å². The minimum Gasteiger partial charge on any atom is -1.00 e. The minimum atomic E-state index is -0.639. The Morgan fingerprint density at radius 2 is 1.56 bits per heavy atom. The maximum Gasteiger partial charge on any atom is 1.00 e. The van der Waals surface area contributed by atoms with Crippen LogP contribution in [-0.4, -0.2) is 41.6 Å². The number of nitrogens with zero attached hydrogens (tertiary/aromatic N) is 1. The fourth-order valence-corrected chi connectivity index (χ4v) is 0.973. The van der Waals surface area contributed by atoms with Gasteiger partial charge in [0, 0.05) is 13.1 Å². The van der Waals surface area contributed by atoms with Crippen molar-refractivity contribution in [1.82, 2.24) is 10.2 Å². The summed E-state index contributed by atoms with van der Waals surface area (Å²) < 4.78 is 0. The molecule has 0 saturated carbocycles. The van der Waals surface area contributed by atoms with Crippen LogP contribution in [0.3, 0.4) is 0 Å². The van der Waals surface area contributed by atoms with E-state index in [2.05, 4.69) is 55.1 Å². The molecule has 3 N–H and O–H groups in total. The van der Waals surface area contributed by atoms with Gasteiger partial charge in [0.05, 0.1) is 0 Å². The molecule has 8 heteroatoms. The van der Waals surface area contributed by atoms with Gasteiger partial charge in [0.25, 0.3) is 10.5 Å². The third-order valence-electron chi connectivity index (χ3n) is 1.60. The van der Waals surface area contributed by atoms with Crippen LogP contribution in [0.25, 0.3) is 0 Å². The van der Waals surface area contributed by atoms with Crippen molar-refractivity contribution in [3.63, 3.8) is 0 Å². The molecule has 0 aromatic carbocycles. The van der Waals surface area contributed by atoms with Crippen LogP contribution in [0.5, 0.6) is 0 Å². The summed E-state index contributed by atoms with van der Waals surface area (Å²) in [5.41, 5.74) is 4.34. The van der Waals surface area contributed by atoms with E-state index in [1.807, 2.05) is 13.8 Å². The average molecular weight is 307 g/mol. The molecule has 0 aliphatic heterocycles. The summed E-state index contributed by atoms with van der Waals surface area (Å²) in [5, 5.41) is 1.74. The molecule has 0 radical (unpaired) electrons. The Labute approximate surface area is 145 Å². The van der Waals surface area contributed by atoms with Gasteiger partial charge < -0.3 is 17.4 Å². The van der Waals surface area contributed by atoms with E-state index >= 15 is 0 Å². The summed E-state index contributed by atoms with van der Waals surface area (Å²) in [7, 11) is 0. The Morgan fingerprint density at radius 3 is 1.78 bits per heavy atom. The first-order valence-corrected chi connectivity index (χ1v) is 6.51. The molecule has 0 fully saturated rings. The van der Waals surface area contributed by atoms with Gasteiger partial charge in [-0.2, -0.15) is 0 Å². The summed E-state index contributed by atoms with van der Waals surface area (Å²) in [5.74, 6) is 0. The van der Waals surface area contributed by atoms with E-state index in [0.29, 0.717) is 6.54 Å². The van der Waals surface area contributed by atoms with Crippen LogP contribution in [0.4, 0.5) is 9.59 Å². The third-order valence-corrected chi connectivity index (χ3v) is 1.76. The third kappa shape index (κ3) is 36.0. The SMILES string of the molecule is CC.CCN(CC)CCNC(=O)S.NC(=O)S.[H-].[Na+]. The Hall–Kier alpha value is 0.600. The van der Waals surface area contributed by atoms with Gasteiger partial charge in [-0.1, -0.05) is 53.0 Å². The topological polar surface area (TPSA) is 75.4 Å². The molecule has 0 rings (SSSR count). The quantitative estimate of drug-likeness (QED) is 0.393. The number of thiol groups is 2. The van der Waals surface area contributed by atoms with E-state index < -0.39 is 5.24 Å². The second-order valence-corrected chi connectivity index (χ2v) is 3.44. The van der Waals surface area contributed by atoms with Gasteiger partial charge in [-0.05, 0) is 13.1 Å². The second kappa shape index (κ2) is 22.8. The fourth-order valence-electron chi connectivity index (χ4n) is 0.861. The van der Waals surface area contributed by atoms with E-state index in [9.17, 15) is 4.79 Å². The van der Waals surface area contributed by atoms with Crippen LogP contribution in [0.15, 0.2) is 0 Å². The van der Waals surface area contributed by atoms with Crippen LogP contribution in [0.1, 0.15) is 29.1 Å². The van der Waals surface area contributed by atoms with Gasteiger partial charge in [0.2, 0.25) is 0 Å². The largest absolute Gasteiger partial charge is 1.00 e. The zero-order valence-corrected chi connectivity index (χ0v) is 15.9. The van der Waals surface area contributed by atoms with E-state index in [1.165, 1.54) is 0 Å². The van der Waals surface area contributed by atoms with Crippen LogP contribution in [-0.2, 0) is 0 Å². The molecule has 0 bridgehead atoms. The van der Waals surface area contributed by atoms with Crippen molar-refractivity contribution in [2.24, 2.45) is 5.73 Å². The van der Waals surface area contributed by atoms with Crippen molar-refractivity contribution in [3.05, 3.63) is 0 Å². The molecule has 5 nitrogen and oxygen atoms in total. The summed E-state index contributed by atoms with van der Waals surface area (Å²) in [4.78, 5) is 21.7. The van der Waals surface area contributed by atoms with Crippen molar-refractivity contribution >= 4 is 35.7 Å². The van der Waals surface area contributed by atoms with Crippen LogP contribution in [0, 0.1) is 0 Å². The number of amides is 2. The molecule has 0 aliphatic rings. The smallest absolute Gasteiger partial charge is 1.00 e. The summed E-state index contributed by atoms with van der Waals surface area (Å²) in [6, 6.07) is 0. The normalized spacial score (nSPS) is 7.94. The molecule has 0 saturated heterocycles. The number of carbonyl (C=O) groups excluding carboxylic acids is 2. The van der Waals surface area contributed by atoms with Crippen molar-refractivity contribution < 1.29 is 40.6 Å². The molecule has 106 valence electrons. The van der Waals surface area contributed by atoms with Crippen molar-refractivity contribution in [2.75, 3.05) is 26.2 Å². The first-order valence-electron chi connectivity index (χ1n) is 5.61. The predicted octanol–water partition coefficient (Wildman–Crippen LogP) is -0.895. The number of likely N-dealkylation sites (N-methyl/N-ethyl adjacent to an activating group) is 1. The van der Waals surface area contributed by atoms with Gasteiger partial charge in [0.15, 0.2) is 0 Å². The van der Waals surface area contributed by atoms with E-state index in [4.69, 9.17) is 4.79 Å². The Bertz CT molecular complexity index is 196.